The van der Waals surface area contributed by atoms with Crippen LogP contribution in [0.3, 0.4) is 0 Å². The Balaban J connectivity index is 3.40. The molecule has 0 N–H and O–H groups in total. The van der Waals surface area contributed by atoms with Crippen molar-refractivity contribution in [1.29, 1.82) is 0 Å². The summed E-state index contributed by atoms with van der Waals surface area (Å²) in [6.45, 7) is 1.73. The van der Waals surface area contributed by atoms with Gasteiger partial charge in [-0.2, -0.15) is 21.6 Å². The zero-order valence-electron chi connectivity index (χ0n) is 9.43. The van der Waals surface area contributed by atoms with Gasteiger partial charge < -0.3 is 0 Å². The number of nitrogens with zero attached hydrogens (tertiary/aromatic N) is 1. The van der Waals surface area contributed by atoms with Gasteiger partial charge in [-0.25, -0.2) is 4.21 Å². The lowest BCUT2D eigenvalue weighted by atomic mass is 10.2. The molecule has 102 valence electrons. The van der Waals surface area contributed by atoms with Crippen molar-refractivity contribution in [1.82, 2.24) is 0 Å². The smallest absolute Gasteiger partial charge is 0.244 e. The molecular formula is C9H10F3NO3S2. The van der Waals surface area contributed by atoms with Crippen LogP contribution in [-0.4, -0.2) is 24.4 Å². The first-order valence-electron chi connectivity index (χ1n) is 4.57. The molecule has 0 aliphatic heterocycles. The summed E-state index contributed by atoms with van der Waals surface area (Å²) >= 11 is 0. The molecule has 0 aliphatic carbocycles. The van der Waals surface area contributed by atoms with Gasteiger partial charge in [0.05, 0.1) is 9.73 Å². The highest BCUT2D eigenvalue weighted by Crippen LogP contribution is 2.27. The minimum Gasteiger partial charge on any atom is -0.244 e. The van der Waals surface area contributed by atoms with Crippen LogP contribution in [0.4, 0.5) is 13.2 Å². The van der Waals surface area contributed by atoms with Crippen molar-refractivity contribution in [2.24, 2.45) is 3.77 Å². The van der Waals surface area contributed by atoms with Crippen LogP contribution in [0, 0.1) is 6.92 Å². The second-order valence-electron chi connectivity index (χ2n) is 3.61. The van der Waals surface area contributed by atoms with Gasteiger partial charge in [-0.15, -0.1) is 0 Å². The normalized spacial score (nSPS) is 16.1. The molecule has 1 aromatic rings. The summed E-state index contributed by atoms with van der Waals surface area (Å²) in [6, 6.07) is 5.59. The minimum absolute atomic E-state index is 0.0686. The van der Waals surface area contributed by atoms with E-state index in [1.54, 1.807) is 6.92 Å². The molecule has 1 aromatic carbocycles. The molecule has 0 saturated heterocycles. The predicted octanol–water partition coefficient (Wildman–Crippen LogP) is 2.30. The molecular weight excluding hydrogens is 291 g/mol. The maximum absolute atomic E-state index is 12.1. The molecule has 0 amide bonds. The number of rotatable bonds is 2. The molecule has 0 aromatic heterocycles. The molecule has 0 saturated carbocycles. The molecule has 4 nitrogen and oxygen atoms in total. The van der Waals surface area contributed by atoms with Crippen LogP contribution in [-0.2, 0) is 19.8 Å². The van der Waals surface area contributed by atoms with Crippen molar-refractivity contribution >= 4 is 19.8 Å². The Labute approximate surface area is 103 Å². The predicted molar refractivity (Wildman–Crippen MR) is 60.9 cm³/mol. The van der Waals surface area contributed by atoms with Crippen molar-refractivity contribution in [2.45, 2.75) is 17.3 Å². The quantitative estimate of drug-likeness (QED) is 0.842. The van der Waals surface area contributed by atoms with Gasteiger partial charge in [0.25, 0.3) is 0 Å². The SMILES string of the molecule is Cc1ccc(S(C)(=O)=NS(=O)(=O)C(F)(F)F)cc1. The third-order valence-electron chi connectivity index (χ3n) is 1.99. The summed E-state index contributed by atoms with van der Waals surface area (Å²) < 4.78 is 72.5. The highest BCUT2D eigenvalue weighted by molar-refractivity contribution is 8.03. The molecule has 1 unspecified atom stereocenters. The van der Waals surface area contributed by atoms with E-state index in [4.69, 9.17) is 0 Å². The fourth-order valence-corrected chi connectivity index (χ4v) is 3.88. The molecule has 0 fully saturated rings. The van der Waals surface area contributed by atoms with Crippen LogP contribution in [0.25, 0.3) is 0 Å². The highest BCUT2D eigenvalue weighted by Gasteiger charge is 2.47. The number of hydrogen-bond acceptors (Lipinski definition) is 3. The monoisotopic (exact) mass is 301 g/mol. The van der Waals surface area contributed by atoms with E-state index in [-0.39, 0.29) is 4.90 Å². The van der Waals surface area contributed by atoms with Crippen LogP contribution in [0.5, 0.6) is 0 Å². The van der Waals surface area contributed by atoms with E-state index < -0.39 is 25.3 Å². The molecule has 0 radical (unpaired) electrons. The fraction of sp³-hybridized carbons (Fsp3) is 0.333. The van der Waals surface area contributed by atoms with Gasteiger partial charge >= 0.3 is 15.5 Å². The Morgan fingerprint density at radius 3 is 1.89 bits per heavy atom. The summed E-state index contributed by atoms with van der Waals surface area (Å²) in [6.07, 6.45) is 0.848. The zero-order valence-corrected chi connectivity index (χ0v) is 11.1. The first-order valence-corrected chi connectivity index (χ1v) is 7.93. The third-order valence-corrected chi connectivity index (χ3v) is 5.65. The second kappa shape index (κ2) is 4.54. The van der Waals surface area contributed by atoms with Gasteiger partial charge in [0.1, 0.15) is 0 Å². The highest BCUT2D eigenvalue weighted by atomic mass is 32.3. The van der Waals surface area contributed by atoms with Crippen molar-refractivity contribution in [3.05, 3.63) is 29.8 Å². The average molecular weight is 301 g/mol. The lowest BCUT2D eigenvalue weighted by Gasteiger charge is -2.07. The largest absolute Gasteiger partial charge is 0.519 e. The molecule has 18 heavy (non-hydrogen) atoms. The van der Waals surface area contributed by atoms with Crippen molar-refractivity contribution in [2.75, 3.05) is 6.26 Å². The Morgan fingerprint density at radius 1 is 1.06 bits per heavy atom. The summed E-state index contributed by atoms with van der Waals surface area (Å²) in [7, 11) is -9.41. The molecule has 9 heteroatoms. The van der Waals surface area contributed by atoms with E-state index in [0.29, 0.717) is 0 Å². The van der Waals surface area contributed by atoms with Crippen molar-refractivity contribution in [3.8, 4) is 0 Å². The average Bonchev–Trinajstić information content (AvgIpc) is 2.14. The maximum Gasteiger partial charge on any atom is 0.519 e. The lowest BCUT2D eigenvalue weighted by molar-refractivity contribution is -0.0434. The Kier molecular flexibility index (Phi) is 3.78. The number of sulfonamides is 1. The van der Waals surface area contributed by atoms with Crippen LogP contribution in [0.2, 0.25) is 0 Å². The van der Waals surface area contributed by atoms with Gasteiger partial charge in [-0.3, -0.25) is 0 Å². The van der Waals surface area contributed by atoms with Crippen LogP contribution in [0.1, 0.15) is 5.56 Å². The second-order valence-corrected chi connectivity index (χ2v) is 7.70. The lowest BCUT2D eigenvalue weighted by Crippen LogP contribution is -2.22. The van der Waals surface area contributed by atoms with Crippen molar-refractivity contribution < 1.29 is 25.8 Å². The summed E-state index contributed by atoms with van der Waals surface area (Å²) in [5.74, 6) is 0. The van der Waals surface area contributed by atoms with E-state index in [9.17, 15) is 25.8 Å². The van der Waals surface area contributed by atoms with Crippen LogP contribution in [0.15, 0.2) is 32.9 Å². The Bertz CT molecular complexity index is 653. The van der Waals surface area contributed by atoms with Gasteiger partial charge in [0.2, 0.25) is 0 Å². The fourth-order valence-electron chi connectivity index (χ4n) is 1.06. The molecule has 0 heterocycles. The molecule has 0 spiro atoms. The molecule has 0 aliphatic rings. The zero-order chi connectivity index (χ0) is 14.2. The summed E-state index contributed by atoms with van der Waals surface area (Å²) in [4.78, 5) is -0.0686. The molecule has 1 atom stereocenters. The van der Waals surface area contributed by atoms with Crippen LogP contribution < -0.4 is 0 Å². The number of aryl methyl sites for hydroxylation is 1. The van der Waals surface area contributed by atoms with Gasteiger partial charge in [-0.1, -0.05) is 21.5 Å². The summed E-state index contributed by atoms with van der Waals surface area (Å²) in [5.41, 5.74) is -4.75. The van der Waals surface area contributed by atoms with Crippen molar-refractivity contribution in [3.63, 3.8) is 0 Å². The number of halogens is 3. The number of benzene rings is 1. The van der Waals surface area contributed by atoms with E-state index in [0.717, 1.165) is 11.8 Å². The van der Waals surface area contributed by atoms with Gasteiger partial charge in [-0.05, 0) is 19.1 Å². The van der Waals surface area contributed by atoms with E-state index in [1.807, 2.05) is 0 Å². The Hall–Kier alpha value is -1.09. The van der Waals surface area contributed by atoms with E-state index in [1.165, 1.54) is 24.3 Å². The Morgan fingerprint density at radius 2 is 1.50 bits per heavy atom. The topological polar surface area (TPSA) is 63.6 Å². The molecule has 1 rings (SSSR count). The minimum atomic E-state index is -5.76. The number of alkyl halides is 3. The van der Waals surface area contributed by atoms with Gasteiger partial charge in [0, 0.05) is 11.2 Å². The number of hydrogen-bond donors (Lipinski definition) is 0. The maximum atomic E-state index is 12.1. The third kappa shape index (κ3) is 3.22. The van der Waals surface area contributed by atoms with Crippen LogP contribution >= 0.6 is 0 Å². The van der Waals surface area contributed by atoms with E-state index in [2.05, 4.69) is 3.77 Å². The van der Waals surface area contributed by atoms with E-state index >= 15 is 0 Å². The summed E-state index contributed by atoms with van der Waals surface area (Å²) in [5, 5.41) is 0. The first-order chi connectivity index (χ1) is 7.96. The van der Waals surface area contributed by atoms with Gasteiger partial charge in [0.15, 0.2) is 0 Å². The first kappa shape index (κ1) is 15.0. The molecule has 0 bridgehead atoms. The standard InChI is InChI=1S/C9H10F3NO3S2/c1-7-3-5-8(6-4-7)17(2,14)13-18(15,16)9(10,11)12/h3-6H,1-2H3.